The molecule has 1 heterocycles. The van der Waals surface area contributed by atoms with Crippen molar-refractivity contribution in [3.63, 3.8) is 0 Å². The molecule has 1 rings (SSSR count). The van der Waals surface area contributed by atoms with Gasteiger partial charge in [-0.2, -0.15) is 0 Å². The number of carbonyl (C=O) groups is 2. The Morgan fingerprint density at radius 2 is 2.00 bits per heavy atom. The molecule has 5 heteroatoms. The van der Waals surface area contributed by atoms with Gasteiger partial charge in [-0.15, -0.1) is 0 Å². The Hall–Kier alpha value is -1.10. The lowest BCUT2D eigenvalue weighted by Gasteiger charge is -2.36. The summed E-state index contributed by atoms with van der Waals surface area (Å²) in [6, 6.07) is -0.558. The van der Waals surface area contributed by atoms with Crippen LogP contribution in [0.5, 0.6) is 0 Å². The number of nitrogens with two attached hydrogens (primary N) is 1. The van der Waals surface area contributed by atoms with Crippen LogP contribution in [0.15, 0.2) is 0 Å². The second kappa shape index (κ2) is 4.18. The third-order valence-corrected chi connectivity index (χ3v) is 2.62. The fourth-order valence-electron chi connectivity index (χ4n) is 1.82. The molecule has 0 bridgehead atoms. The molecule has 1 unspecified atom stereocenters. The minimum atomic E-state index is -1.44. The molecular weight excluding hydrogens is 196 g/mol. The first-order chi connectivity index (χ1) is 6.84. The van der Waals surface area contributed by atoms with E-state index in [1.807, 2.05) is 0 Å². The Labute approximate surface area is 89.2 Å². The second-order valence-corrected chi connectivity index (χ2v) is 4.47. The van der Waals surface area contributed by atoms with Crippen molar-refractivity contribution < 1.29 is 14.7 Å². The first-order valence-electron chi connectivity index (χ1n) is 5.17. The van der Waals surface area contributed by atoms with Crippen molar-refractivity contribution in [2.24, 2.45) is 5.73 Å². The lowest BCUT2D eigenvalue weighted by molar-refractivity contribution is -0.154. The molecule has 0 spiro atoms. The highest BCUT2D eigenvalue weighted by Gasteiger charge is 2.37. The van der Waals surface area contributed by atoms with E-state index in [4.69, 9.17) is 5.73 Å². The fraction of sp³-hybridized carbons (Fsp3) is 0.800. The van der Waals surface area contributed by atoms with Gasteiger partial charge in [0.25, 0.3) is 5.91 Å². The van der Waals surface area contributed by atoms with Crippen LogP contribution in [0, 0.1) is 0 Å². The van der Waals surface area contributed by atoms with Gasteiger partial charge in [-0.05, 0) is 33.1 Å². The van der Waals surface area contributed by atoms with Crippen LogP contribution in [0.4, 0.5) is 0 Å². The zero-order valence-corrected chi connectivity index (χ0v) is 9.19. The summed E-state index contributed by atoms with van der Waals surface area (Å²) in [5, 5.41) is 9.59. The summed E-state index contributed by atoms with van der Waals surface area (Å²) in [7, 11) is 0. The summed E-state index contributed by atoms with van der Waals surface area (Å²) in [4.78, 5) is 24.3. The first-order valence-corrected chi connectivity index (χ1v) is 5.17. The van der Waals surface area contributed by atoms with Crippen molar-refractivity contribution in [2.75, 3.05) is 6.54 Å². The molecule has 5 nitrogen and oxygen atoms in total. The van der Waals surface area contributed by atoms with Gasteiger partial charge >= 0.3 is 0 Å². The van der Waals surface area contributed by atoms with Gasteiger partial charge < -0.3 is 15.7 Å². The Morgan fingerprint density at radius 3 is 2.47 bits per heavy atom. The molecule has 86 valence electrons. The lowest BCUT2D eigenvalue weighted by atomic mass is 9.98. The number of hydrogen-bond acceptors (Lipinski definition) is 3. The summed E-state index contributed by atoms with van der Waals surface area (Å²) >= 11 is 0. The Morgan fingerprint density at radius 1 is 1.40 bits per heavy atom. The second-order valence-electron chi connectivity index (χ2n) is 4.47. The highest BCUT2D eigenvalue weighted by Crippen LogP contribution is 2.20. The Balaban J connectivity index is 2.81. The zero-order valence-electron chi connectivity index (χ0n) is 9.19. The summed E-state index contributed by atoms with van der Waals surface area (Å²) in [6.07, 6.45) is 2.34. The number of likely N-dealkylation sites (tertiary alicyclic amines) is 1. The molecule has 0 radical (unpaired) electrons. The summed E-state index contributed by atoms with van der Waals surface area (Å²) in [6.45, 7) is 3.33. The molecular formula is C10H18N2O3. The van der Waals surface area contributed by atoms with Crippen molar-refractivity contribution in [3.05, 3.63) is 0 Å². The van der Waals surface area contributed by atoms with Crippen LogP contribution in [0.25, 0.3) is 0 Å². The predicted molar refractivity (Wildman–Crippen MR) is 54.8 cm³/mol. The van der Waals surface area contributed by atoms with Gasteiger partial charge in [-0.1, -0.05) is 0 Å². The molecule has 15 heavy (non-hydrogen) atoms. The lowest BCUT2D eigenvalue weighted by Crippen LogP contribution is -2.56. The predicted octanol–water partition coefficient (Wildman–Crippen LogP) is -0.376. The van der Waals surface area contributed by atoms with Crippen molar-refractivity contribution >= 4 is 11.8 Å². The van der Waals surface area contributed by atoms with E-state index in [-0.39, 0.29) is 0 Å². The highest BCUT2D eigenvalue weighted by molar-refractivity contribution is 5.90. The van der Waals surface area contributed by atoms with Crippen molar-refractivity contribution in [3.8, 4) is 0 Å². The first kappa shape index (κ1) is 12.0. The van der Waals surface area contributed by atoms with Gasteiger partial charge in [0.05, 0.1) is 0 Å². The number of amides is 2. The third kappa shape index (κ3) is 2.68. The van der Waals surface area contributed by atoms with Crippen molar-refractivity contribution in [2.45, 2.75) is 44.8 Å². The number of aliphatic hydroxyl groups is 1. The van der Waals surface area contributed by atoms with Crippen LogP contribution < -0.4 is 5.73 Å². The van der Waals surface area contributed by atoms with E-state index in [2.05, 4.69) is 0 Å². The molecule has 0 aromatic carbocycles. The van der Waals surface area contributed by atoms with Crippen LogP contribution in [-0.4, -0.2) is 40.0 Å². The van der Waals surface area contributed by atoms with Crippen molar-refractivity contribution in [1.29, 1.82) is 0 Å². The number of piperidine rings is 1. The molecule has 1 aliphatic heterocycles. The van der Waals surface area contributed by atoms with E-state index >= 15 is 0 Å². The molecule has 1 aliphatic rings. The van der Waals surface area contributed by atoms with Gasteiger partial charge in [0, 0.05) is 6.54 Å². The summed E-state index contributed by atoms with van der Waals surface area (Å²) in [5.74, 6) is -0.918. The van der Waals surface area contributed by atoms with Gasteiger partial charge in [0.1, 0.15) is 11.6 Å². The maximum atomic E-state index is 11.8. The summed E-state index contributed by atoms with van der Waals surface area (Å²) in [5.41, 5.74) is 3.78. The van der Waals surface area contributed by atoms with E-state index in [1.165, 1.54) is 18.7 Å². The SMILES string of the molecule is CC(C)(O)C(=O)N1CCCCC1C(N)=O. The molecule has 0 aliphatic carbocycles. The molecule has 2 amide bonds. The third-order valence-electron chi connectivity index (χ3n) is 2.62. The highest BCUT2D eigenvalue weighted by atomic mass is 16.3. The topological polar surface area (TPSA) is 83.6 Å². The largest absolute Gasteiger partial charge is 0.381 e. The molecule has 1 fully saturated rings. The van der Waals surface area contributed by atoms with E-state index < -0.39 is 23.5 Å². The minimum absolute atomic E-state index is 0.425. The molecule has 3 N–H and O–H groups in total. The minimum Gasteiger partial charge on any atom is -0.381 e. The molecule has 0 aromatic heterocycles. The molecule has 1 atom stereocenters. The van der Waals surface area contributed by atoms with E-state index in [9.17, 15) is 14.7 Å². The number of hydrogen-bond donors (Lipinski definition) is 2. The maximum Gasteiger partial charge on any atom is 0.254 e. The zero-order chi connectivity index (χ0) is 11.6. The number of nitrogens with zero attached hydrogens (tertiary/aromatic N) is 1. The number of carbonyl (C=O) groups excluding carboxylic acids is 2. The molecule has 0 saturated carbocycles. The number of primary amides is 1. The van der Waals surface area contributed by atoms with Crippen LogP contribution in [-0.2, 0) is 9.59 Å². The summed E-state index contributed by atoms with van der Waals surface area (Å²) < 4.78 is 0. The van der Waals surface area contributed by atoms with Gasteiger partial charge in [0.15, 0.2) is 0 Å². The Kier molecular flexibility index (Phi) is 3.34. The van der Waals surface area contributed by atoms with Crippen molar-refractivity contribution in [1.82, 2.24) is 4.90 Å². The molecule has 0 aromatic rings. The van der Waals surface area contributed by atoms with Gasteiger partial charge in [0.2, 0.25) is 5.91 Å². The quantitative estimate of drug-likeness (QED) is 0.657. The standard InChI is InChI=1S/C10H18N2O3/c1-10(2,15)9(14)12-6-4-3-5-7(12)8(11)13/h7,15H,3-6H2,1-2H3,(H2,11,13). The van der Waals surface area contributed by atoms with Gasteiger partial charge in [-0.25, -0.2) is 0 Å². The van der Waals surface area contributed by atoms with Gasteiger partial charge in [-0.3, -0.25) is 9.59 Å². The average molecular weight is 214 g/mol. The normalized spacial score (nSPS) is 22.6. The van der Waals surface area contributed by atoms with Crippen LogP contribution in [0.3, 0.4) is 0 Å². The van der Waals surface area contributed by atoms with E-state index in [0.29, 0.717) is 13.0 Å². The van der Waals surface area contributed by atoms with Crippen LogP contribution in [0.1, 0.15) is 33.1 Å². The Bertz CT molecular complexity index is 270. The monoisotopic (exact) mass is 214 g/mol. The number of rotatable bonds is 2. The van der Waals surface area contributed by atoms with E-state index in [0.717, 1.165) is 12.8 Å². The average Bonchev–Trinajstić information content (AvgIpc) is 2.15. The van der Waals surface area contributed by atoms with Crippen LogP contribution >= 0.6 is 0 Å². The van der Waals surface area contributed by atoms with Crippen LogP contribution in [0.2, 0.25) is 0 Å². The maximum absolute atomic E-state index is 11.8. The smallest absolute Gasteiger partial charge is 0.254 e. The fourth-order valence-corrected chi connectivity index (χ4v) is 1.82. The van der Waals surface area contributed by atoms with E-state index in [1.54, 1.807) is 0 Å². The molecule has 1 saturated heterocycles.